The highest BCUT2D eigenvalue weighted by atomic mass is 79.9. The van der Waals surface area contributed by atoms with Gasteiger partial charge >= 0.3 is 10.3 Å². The molecule has 1 aromatic carbocycles. The van der Waals surface area contributed by atoms with Crippen LogP contribution in [0.15, 0.2) is 53.7 Å². The van der Waals surface area contributed by atoms with Crippen LogP contribution in [0.5, 0.6) is 0 Å². The summed E-state index contributed by atoms with van der Waals surface area (Å²) in [6.07, 6.45) is 3.05. The van der Waals surface area contributed by atoms with Crippen molar-refractivity contribution in [1.29, 1.82) is 0 Å². The van der Waals surface area contributed by atoms with Gasteiger partial charge in [-0.25, -0.2) is 23.9 Å². The summed E-state index contributed by atoms with van der Waals surface area (Å²) in [4.78, 5) is 21.4. The SMILES string of the molecule is NS(=O)(=O)OC[C@H]1C[C@@H](Cc2ncncc2C(=O)c2ccn(Cc3ccc(F)c(Br)c3)c2)[C@@H](F)[C@@H]1O. The molecule has 3 N–H and O–H groups in total. The predicted molar refractivity (Wildman–Crippen MR) is 128 cm³/mol. The molecule has 36 heavy (non-hydrogen) atoms. The summed E-state index contributed by atoms with van der Waals surface area (Å²) < 4.78 is 57.0. The number of halogens is 3. The molecule has 192 valence electrons. The van der Waals surface area contributed by atoms with Gasteiger partial charge in [0.15, 0.2) is 5.78 Å². The number of ketones is 1. The lowest BCUT2D eigenvalue weighted by molar-refractivity contribution is 0.0438. The normalized spacial score (nSPS) is 22.1. The van der Waals surface area contributed by atoms with E-state index in [0.29, 0.717) is 22.3 Å². The monoisotopic (exact) mass is 584 g/mol. The molecule has 4 rings (SSSR count). The van der Waals surface area contributed by atoms with Crippen LogP contribution < -0.4 is 5.14 Å². The van der Waals surface area contributed by atoms with Gasteiger partial charge in [0, 0.05) is 36.6 Å². The minimum Gasteiger partial charge on any atom is -0.390 e. The lowest BCUT2D eigenvalue weighted by Gasteiger charge is -2.15. The summed E-state index contributed by atoms with van der Waals surface area (Å²) >= 11 is 3.16. The van der Waals surface area contributed by atoms with Crippen molar-refractivity contribution in [3.8, 4) is 0 Å². The fourth-order valence-corrected chi connectivity index (χ4v) is 5.17. The second-order valence-electron chi connectivity index (χ2n) is 8.71. The topological polar surface area (TPSA) is 137 Å². The lowest BCUT2D eigenvalue weighted by Crippen LogP contribution is -2.29. The number of aliphatic hydroxyl groups is 1. The number of hydrogen-bond acceptors (Lipinski definition) is 7. The fraction of sp³-hybridized carbons (Fsp3) is 0.348. The van der Waals surface area contributed by atoms with Crippen molar-refractivity contribution in [2.75, 3.05) is 6.61 Å². The van der Waals surface area contributed by atoms with Crippen molar-refractivity contribution >= 4 is 32.0 Å². The first-order valence-corrected chi connectivity index (χ1v) is 13.2. The van der Waals surface area contributed by atoms with E-state index in [4.69, 9.17) is 5.14 Å². The van der Waals surface area contributed by atoms with Crippen LogP contribution in [0.4, 0.5) is 8.78 Å². The first-order chi connectivity index (χ1) is 17.0. The van der Waals surface area contributed by atoms with Crippen molar-refractivity contribution in [2.24, 2.45) is 17.0 Å². The van der Waals surface area contributed by atoms with E-state index in [0.717, 1.165) is 5.56 Å². The van der Waals surface area contributed by atoms with E-state index >= 15 is 0 Å². The van der Waals surface area contributed by atoms with Crippen molar-refractivity contribution in [3.63, 3.8) is 0 Å². The zero-order valence-corrected chi connectivity index (χ0v) is 21.2. The summed E-state index contributed by atoms with van der Waals surface area (Å²) in [5.41, 5.74) is 1.72. The first-order valence-electron chi connectivity index (χ1n) is 10.9. The third-order valence-electron chi connectivity index (χ3n) is 6.17. The predicted octanol–water partition coefficient (Wildman–Crippen LogP) is 2.56. The Morgan fingerprint density at radius 3 is 2.81 bits per heavy atom. The van der Waals surface area contributed by atoms with Gasteiger partial charge in [-0.15, -0.1) is 0 Å². The number of hydrogen-bond donors (Lipinski definition) is 2. The average Bonchev–Trinajstić information content (AvgIpc) is 3.40. The molecule has 2 aromatic heterocycles. The van der Waals surface area contributed by atoms with E-state index in [1.54, 1.807) is 35.2 Å². The Labute approximate surface area is 214 Å². The van der Waals surface area contributed by atoms with Crippen LogP contribution in [0.25, 0.3) is 0 Å². The average molecular weight is 585 g/mol. The summed E-state index contributed by atoms with van der Waals surface area (Å²) in [6.45, 7) is -0.0274. The van der Waals surface area contributed by atoms with E-state index in [-0.39, 0.29) is 30.0 Å². The molecule has 0 unspecified atom stereocenters. The van der Waals surface area contributed by atoms with Crippen LogP contribution in [-0.2, 0) is 27.5 Å². The maximum absolute atomic E-state index is 14.8. The smallest absolute Gasteiger partial charge is 0.333 e. The highest BCUT2D eigenvalue weighted by Crippen LogP contribution is 2.37. The minimum atomic E-state index is -4.22. The van der Waals surface area contributed by atoms with E-state index in [2.05, 4.69) is 30.1 Å². The number of alkyl halides is 1. The molecule has 1 aliphatic carbocycles. The first kappa shape index (κ1) is 26.5. The number of carbonyl (C=O) groups excluding carboxylic acids is 1. The highest BCUT2D eigenvalue weighted by molar-refractivity contribution is 9.10. The number of carbonyl (C=O) groups is 1. The van der Waals surface area contributed by atoms with Gasteiger partial charge in [0.05, 0.1) is 28.4 Å². The number of nitrogens with zero attached hydrogens (tertiary/aromatic N) is 3. The van der Waals surface area contributed by atoms with Crippen LogP contribution in [0, 0.1) is 17.7 Å². The number of aromatic nitrogens is 3. The molecular weight excluding hydrogens is 562 g/mol. The molecule has 0 saturated heterocycles. The third-order valence-corrected chi connectivity index (χ3v) is 7.24. The Bertz CT molecular complexity index is 1370. The Morgan fingerprint density at radius 2 is 2.08 bits per heavy atom. The Hall–Kier alpha value is -2.58. The minimum absolute atomic E-state index is 0.0397. The number of nitrogens with two attached hydrogens (primary N) is 1. The molecule has 0 aliphatic heterocycles. The summed E-state index contributed by atoms with van der Waals surface area (Å²) in [5.74, 6) is -2.21. The van der Waals surface area contributed by atoms with Crippen LogP contribution in [0.2, 0.25) is 0 Å². The largest absolute Gasteiger partial charge is 0.390 e. The lowest BCUT2D eigenvalue weighted by atomic mass is 9.95. The number of rotatable bonds is 9. The van der Waals surface area contributed by atoms with Gasteiger partial charge in [0.25, 0.3) is 0 Å². The Balaban J connectivity index is 1.47. The molecule has 4 atom stereocenters. The van der Waals surface area contributed by atoms with Gasteiger partial charge in [-0.2, -0.15) is 8.42 Å². The summed E-state index contributed by atoms with van der Waals surface area (Å²) in [5, 5.41) is 15.0. The molecule has 0 amide bonds. The van der Waals surface area contributed by atoms with E-state index in [1.165, 1.54) is 18.6 Å². The van der Waals surface area contributed by atoms with Crippen molar-refractivity contribution in [2.45, 2.75) is 31.7 Å². The van der Waals surface area contributed by atoms with E-state index in [1.807, 2.05) is 0 Å². The maximum Gasteiger partial charge on any atom is 0.333 e. The van der Waals surface area contributed by atoms with E-state index < -0.39 is 41.0 Å². The second kappa shape index (κ2) is 10.8. The molecule has 3 aromatic rings. The fourth-order valence-electron chi connectivity index (χ4n) is 4.38. The number of aliphatic hydroxyl groups excluding tert-OH is 1. The third kappa shape index (κ3) is 6.21. The molecular formula is C23H23BrF2N4O5S. The van der Waals surface area contributed by atoms with Crippen LogP contribution in [0.1, 0.15) is 33.6 Å². The van der Waals surface area contributed by atoms with Crippen LogP contribution in [-0.4, -0.2) is 52.7 Å². The van der Waals surface area contributed by atoms with Gasteiger partial charge in [-0.05, 0) is 58.5 Å². The molecule has 2 heterocycles. The summed E-state index contributed by atoms with van der Waals surface area (Å²) in [6, 6.07) is 6.29. The zero-order valence-electron chi connectivity index (χ0n) is 18.8. The van der Waals surface area contributed by atoms with Crippen LogP contribution in [0.3, 0.4) is 0 Å². The second-order valence-corrected chi connectivity index (χ2v) is 10.8. The number of benzene rings is 1. The molecule has 0 spiro atoms. The van der Waals surface area contributed by atoms with E-state index in [9.17, 15) is 27.1 Å². The standard InChI is InChI=1S/C23H23BrF2N4O5S/c24-18-5-13(1-2-19(18)25)9-30-4-3-14(10-30)22(31)17-8-28-12-29-20(17)7-15-6-16(23(32)21(15)26)11-35-36(27,33)34/h1-5,8,10,12,15-16,21,23,32H,6-7,9,11H2,(H2,27,33,34)/t15-,16+,21+,23+/m0/s1. The Morgan fingerprint density at radius 1 is 1.31 bits per heavy atom. The van der Waals surface area contributed by atoms with Gasteiger partial charge in [0.1, 0.15) is 18.3 Å². The van der Waals surface area contributed by atoms with Gasteiger partial charge < -0.3 is 9.67 Å². The quantitative estimate of drug-likeness (QED) is 0.369. The van der Waals surface area contributed by atoms with Gasteiger partial charge in [-0.1, -0.05) is 6.07 Å². The molecule has 0 radical (unpaired) electrons. The molecule has 0 bridgehead atoms. The Kier molecular flexibility index (Phi) is 7.95. The van der Waals surface area contributed by atoms with Gasteiger partial charge in [0.2, 0.25) is 0 Å². The van der Waals surface area contributed by atoms with Crippen molar-refractivity contribution in [3.05, 3.63) is 81.9 Å². The molecule has 13 heteroatoms. The maximum atomic E-state index is 14.8. The van der Waals surface area contributed by atoms with Crippen molar-refractivity contribution < 1.29 is 31.3 Å². The highest BCUT2D eigenvalue weighted by Gasteiger charge is 2.43. The van der Waals surface area contributed by atoms with Crippen LogP contribution >= 0.6 is 15.9 Å². The molecule has 1 saturated carbocycles. The zero-order chi connectivity index (χ0) is 26.0. The molecule has 9 nitrogen and oxygen atoms in total. The summed E-state index contributed by atoms with van der Waals surface area (Å²) in [7, 11) is -4.22. The van der Waals surface area contributed by atoms with Crippen molar-refractivity contribution in [1.82, 2.24) is 14.5 Å². The molecule has 1 fully saturated rings. The van der Waals surface area contributed by atoms with Gasteiger partial charge in [-0.3, -0.25) is 8.98 Å². The molecule has 1 aliphatic rings.